The molecule has 3 amide bonds. The van der Waals surface area contributed by atoms with Gasteiger partial charge in [0.1, 0.15) is 11.4 Å². The lowest BCUT2D eigenvalue weighted by molar-refractivity contribution is 0.0129. The van der Waals surface area contributed by atoms with E-state index in [1.807, 2.05) is 52.0 Å². The molecule has 0 bridgehead atoms. The molecular formula is C28H41N7O4. The molecule has 4 rings (SSSR count). The first-order chi connectivity index (χ1) is 18.6. The highest BCUT2D eigenvalue weighted by Crippen LogP contribution is 2.38. The van der Waals surface area contributed by atoms with Gasteiger partial charge < -0.3 is 30.7 Å². The van der Waals surface area contributed by atoms with E-state index in [4.69, 9.17) is 25.2 Å². The van der Waals surface area contributed by atoms with Crippen molar-refractivity contribution >= 4 is 23.6 Å². The van der Waals surface area contributed by atoms with Gasteiger partial charge in [0.25, 0.3) is 0 Å². The molecule has 2 aliphatic rings. The van der Waals surface area contributed by atoms with E-state index in [1.54, 1.807) is 4.90 Å². The van der Waals surface area contributed by atoms with E-state index in [9.17, 15) is 9.59 Å². The van der Waals surface area contributed by atoms with Gasteiger partial charge in [0.15, 0.2) is 5.82 Å². The maximum atomic E-state index is 13.2. The van der Waals surface area contributed by atoms with Gasteiger partial charge in [-0.15, -0.1) is 0 Å². The van der Waals surface area contributed by atoms with E-state index in [1.165, 1.54) is 0 Å². The maximum Gasteiger partial charge on any atom is 0.410 e. The lowest BCUT2D eigenvalue weighted by Crippen LogP contribution is -2.47. The van der Waals surface area contributed by atoms with Crippen molar-refractivity contribution in [1.82, 2.24) is 20.2 Å². The summed E-state index contributed by atoms with van der Waals surface area (Å²) in [6.07, 6.45) is 0.801. The first-order valence-corrected chi connectivity index (χ1v) is 13.7. The van der Waals surface area contributed by atoms with Crippen molar-refractivity contribution in [2.75, 3.05) is 49.6 Å². The molecule has 1 fully saturated rings. The zero-order valence-electron chi connectivity index (χ0n) is 23.6. The first kappa shape index (κ1) is 28.6. The number of hydrogen-bond acceptors (Lipinski definition) is 8. The second kappa shape index (κ2) is 12.2. The number of anilines is 2. The number of amides is 3. The number of nitrogens with one attached hydrogen (secondary N) is 2. The zero-order chi connectivity index (χ0) is 28.2. The molecule has 1 aromatic heterocycles. The van der Waals surface area contributed by atoms with Crippen LogP contribution in [0.4, 0.5) is 21.1 Å². The van der Waals surface area contributed by atoms with Gasteiger partial charge in [0, 0.05) is 36.4 Å². The van der Waals surface area contributed by atoms with Crippen LogP contribution >= 0.6 is 0 Å². The number of nitrogens with zero attached hydrogens (tertiary/aromatic N) is 4. The Morgan fingerprint density at radius 1 is 1.18 bits per heavy atom. The molecule has 1 saturated heterocycles. The number of nitrogens with two attached hydrogens (primary N) is 1. The van der Waals surface area contributed by atoms with Crippen LogP contribution in [0.2, 0.25) is 0 Å². The molecule has 1 aromatic carbocycles. The van der Waals surface area contributed by atoms with Crippen LogP contribution in [-0.2, 0) is 15.9 Å². The van der Waals surface area contributed by atoms with E-state index in [2.05, 4.69) is 22.5 Å². The van der Waals surface area contributed by atoms with Crippen LogP contribution in [0.25, 0.3) is 11.4 Å². The highest BCUT2D eigenvalue weighted by Gasteiger charge is 2.38. The summed E-state index contributed by atoms with van der Waals surface area (Å²) in [6, 6.07) is 6.99. The summed E-state index contributed by atoms with van der Waals surface area (Å²) in [7, 11) is 0. The van der Waals surface area contributed by atoms with Crippen molar-refractivity contribution in [3.8, 4) is 11.4 Å². The quantitative estimate of drug-likeness (QED) is 0.506. The number of rotatable bonds is 6. The van der Waals surface area contributed by atoms with Gasteiger partial charge >= 0.3 is 12.1 Å². The van der Waals surface area contributed by atoms with Crippen LogP contribution < -0.4 is 21.3 Å². The number of morpholine rings is 1. The van der Waals surface area contributed by atoms with E-state index >= 15 is 0 Å². The standard InChI is InChI=1S/C28H41N7O4/c1-6-30-26(36)31-20-9-7-19(8-10-20)24-32-23-21(25(33-24)34-15-16-38-17-18(34)2)12-14-35(22(23)11-13-29)27(37)39-28(3,4)5/h7-10,18,22H,6,11-17,29H2,1-5H3,(H2,30,31,36)/t18-,22?/m0/s1. The van der Waals surface area contributed by atoms with E-state index in [0.29, 0.717) is 57.2 Å². The first-order valence-electron chi connectivity index (χ1n) is 13.7. The lowest BCUT2D eigenvalue weighted by atomic mass is 9.94. The highest BCUT2D eigenvalue weighted by molar-refractivity contribution is 5.89. The van der Waals surface area contributed by atoms with Gasteiger partial charge in [-0.25, -0.2) is 19.6 Å². The Balaban J connectivity index is 1.77. The summed E-state index contributed by atoms with van der Waals surface area (Å²) in [6.45, 7) is 13.0. The largest absolute Gasteiger partial charge is 0.444 e. The number of hydrogen-bond donors (Lipinski definition) is 3. The van der Waals surface area contributed by atoms with Crippen molar-refractivity contribution in [1.29, 1.82) is 0 Å². The number of benzene rings is 1. The molecule has 1 unspecified atom stereocenters. The third-order valence-corrected chi connectivity index (χ3v) is 6.76. The monoisotopic (exact) mass is 539 g/mol. The van der Waals surface area contributed by atoms with Crippen LogP contribution in [-0.4, -0.2) is 78.0 Å². The highest BCUT2D eigenvalue weighted by atomic mass is 16.6. The Kier molecular flexibility index (Phi) is 8.91. The lowest BCUT2D eigenvalue weighted by Gasteiger charge is -2.41. The van der Waals surface area contributed by atoms with Gasteiger partial charge in [-0.3, -0.25) is 4.90 Å². The minimum atomic E-state index is -0.611. The third kappa shape index (κ3) is 6.77. The summed E-state index contributed by atoms with van der Waals surface area (Å²) in [5, 5.41) is 5.54. The number of fused-ring (bicyclic) bond motifs is 1. The summed E-state index contributed by atoms with van der Waals surface area (Å²) in [5.41, 5.74) is 8.76. The molecule has 2 aliphatic heterocycles. The summed E-state index contributed by atoms with van der Waals surface area (Å²) in [4.78, 5) is 39.3. The Bertz CT molecular complexity index is 1170. The Labute approximate surface area is 230 Å². The molecule has 0 saturated carbocycles. The van der Waals surface area contributed by atoms with Crippen molar-refractivity contribution in [3.05, 3.63) is 35.5 Å². The molecule has 2 atom stereocenters. The Morgan fingerprint density at radius 2 is 1.92 bits per heavy atom. The molecule has 2 aromatic rings. The normalized spacial score (nSPS) is 19.3. The second-order valence-electron chi connectivity index (χ2n) is 10.9. The van der Waals surface area contributed by atoms with Gasteiger partial charge in [-0.1, -0.05) is 0 Å². The molecular weight excluding hydrogens is 498 g/mol. The fraction of sp³-hybridized carbons (Fsp3) is 0.571. The average Bonchev–Trinajstić information content (AvgIpc) is 2.88. The van der Waals surface area contributed by atoms with Gasteiger partial charge in [-0.05, 0) is 78.3 Å². The molecule has 0 radical (unpaired) electrons. The fourth-order valence-corrected chi connectivity index (χ4v) is 4.98. The molecule has 4 N–H and O–H groups in total. The van der Waals surface area contributed by atoms with Gasteiger partial charge in [-0.2, -0.15) is 0 Å². The predicted octanol–water partition coefficient (Wildman–Crippen LogP) is 3.69. The van der Waals surface area contributed by atoms with Crippen LogP contribution in [0, 0.1) is 0 Å². The second-order valence-corrected chi connectivity index (χ2v) is 10.9. The predicted molar refractivity (Wildman–Crippen MR) is 151 cm³/mol. The summed E-state index contributed by atoms with van der Waals surface area (Å²) < 4.78 is 11.4. The number of carbonyl (C=O) groups is 2. The van der Waals surface area contributed by atoms with Gasteiger partial charge in [0.05, 0.1) is 31.0 Å². The van der Waals surface area contributed by atoms with Crippen LogP contribution in [0.5, 0.6) is 0 Å². The summed E-state index contributed by atoms with van der Waals surface area (Å²) >= 11 is 0. The van der Waals surface area contributed by atoms with Crippen LogP contribution in [0.15, 0.2) is 24.3 Å². The molecule has 11 nitrogen and oxygen atoms in total. The Hall–Kier alpha value is -3.44. The zero-order valence-corrected chi connectivity index (χ0v) is 23.6. The topological polar surface area (TPSA) is 135 Å². The van der Waals surface area contributed by atoms with E-state index in [-0.39, 0.29) is 24.2 Å². The average molecular weight is 540 g/mol. The Morgan fingerprint density at radius 3 is 2.56 bits per heavy atom. The molecule has 0 aliphatic carbocycles. The summed E-state index contributed by atoms with van der Waals surface area (Å²) in [5.74, 6) is 1.43. The van der Waals surface area contributed by atoms with Crippen molar-refractivity contribution in [2.24, 2.45) is 5.73 Å². The van der Waals surface area contributed by atoms with Crippen molar-refractivity contribution in [2.45, 2.75) is 65.1 Å². The molecule has 0 spiro atoms. The van der Waals surface area contributed by atoms with E-state index in [0.717, 1.165) is 29.2 Å². The minimum absolute atomic E-state index is 0.145. The minimum Gasteiger partial charge on any atom is -0.444 e. The van der Waals surface area contributed by atoms with Crippen LogP contribution in [0.1, 0.15) is 58.3 Å². The number of aromatic nitrogens is 2. The molecule has 11 heteroatoms. The maximum absolute atomic E-state index is 13.2. The van der Waals surface area contributed by atoms with E-state index < -0.39 is 5.60 Å². The number of carbonyl (C=O) groups excluding carboxylic acids is 2. The van der Waals surface area contributed by atoms with Crippen LogP contribution in [0.3, 0.4) is 0 Å². The molecule has 39 heavy (non-hydrogen) atoms. The van der Waals surface area contributed by atoms with Crippen molar-refractivity contribution < 1.29 is 19.1 Å². The van der Waals surface area contributed by atoms with Crippen molar-refractivity contribution in [3.63, 3.8) is 0 Å². The number of urea groups is 1. The molecule has 3 heterocycles. The third-order valence-electron chi connectivity index (χ3n) is 6.76. The molecule has 212 valence electrons. The smallest absolute Gasteiger partial charge is 0.410 e. The number of ether oxygens (including phenoxy) is 2. The SMILES string of the molecule is CCNC(=O)Nc1ccc(-c2nc3c(c(N4CCOC[C@@H]4C)n2)CCN(C(=O)OC(C)(C)C)C3CCN)cc1. The van der Waals surface area contributed by atoms with Gasteiger partial charge in [0.2, 0.25) is 0 Å². The fourth-order valence-electron chi connectivity index (χ4n) is 4.98.